The highest BCUT2D eigenvalue weighted by molar-refractivity contribution is 5.61. The molecule has 0 fully saturated rings. The number of halogens is 4. The quantitative estimate of drug-likeness (QED) is 0.592. The SMILES string of the molecule is Fc1ccc(CCNc2nccc(Nc3ccccc3C(F)(F)F)n2)cc1. The molecule has 0 aliphatic carbocycles. The van der Waals surface area contributed by atoms with Crippen LogP contribution in [-0.4, -0.2) is 16.5 Å². The fourth-order valence-electron chi connectivity index (χ4n) is 2.46. The van der Waals surface area contributed by atoms with Crippen LogP contribution in [0.4, 0.5) is 35.0 Å². The molecule has 4 nitrogen and oxygen atoms in total. The summed E-state index contributed by atoms with van der Waals surface area (Å²) in [5.74, 6) is 0.227. The van der Waals surface area contributed by atoms with Crippen molar-refractivity contribution in [2.45, 2.75) is 12.6 Å². The summed E-state index contributed by atoms with van der Waals surface area (Å²) in [5, 5.41) is 5.68. The van der Waals surface area contributed by atoms with E-state index in [9.17, 15) is 17.6 Å². The number of rotatable bonds is 6. The third-order valence-corrected chi connectivity index (χ3v) is 3.76. The van der Waals surface area contributed by atoms with E-state index >= 15 is 0 Å². The van der Waals surface area contributed by atoms with Crippen molar-refractivity contribution in [1.29, 1.82) is 0 Å². The van der Waals surface area contributed by atoms with E-state index in [0.717, 1.165) is 11.6 Å². The van der Waals surface area contributed by atoms with Crippen LogP contribution < -0.4 is 10.6 Å². The third kappa shape index (κ3) is 5.16. The molecule has 2 N–H and O–H groups in total. The minimum absolute atomic E-state index is 0.0824. The van der Waals surface area contributed by atoms with Gasteiger partial charge in [0.1, 0.15) is 11.6 Å². The molecule has 0 bridgehead atoms. The van der Waals surface area contributed by atoms with Crippen molar-refractivity contribution in [3.8, 4) is 0 Å². The van der Waals surface area contributed by atoms with Crippen molar-refractivity contribution in [3.63, 3.8) is 0 Å². The zero-order chi connectivity index (χ0) is 19.3. The van der Waals surface area contributed by atoms with Crippen LogP contribution in [-0.2, 0) is 12.6 Å². The largest absolute Gasteiger partial charge is 0.418 e. The van der Waals surface area contributed by atoms with E-state index in [1.54, 1.807) is 12.1 Å². The molecule has 1 aromatic heterocycles. The molecule has 0 saturated carbocycles. The Morgan fingerprint density at radius 1 is 0.926 bits per heavy atom. The molecule has 0 aliphatic heterocycles. The monoisotopic (exact) mass is 376 g/mol. The van der Waals surface area contributed by atoms with Crippen LogP contribution in [0.1, 0.15) is 11.1 Å². The number of benzene rings is 2. The number of aromatic nitrogens is 2. The van der Waals surface area contributed by atoms with Gasteiger partial charge >= 0.3 is 6.18 Å². The van der Waals surface area contributed by atoms with E-state index in [2.05, 4.69) is 20.6 Å². The van der Waals surface area contributed by atoms with Crippen LogP contribution in [0.15, 0.2) is 60.8 Å². The molecule has 3 rings (SSSR count). The van der Waals surface area contributed by atoms with Crippen molar-refractivity contribution in [3.05, 3.63) is 77.7 Å². The zero-order valence-corrected chi connectivity index (χ0v) is 14.1. The first kappa shape index (κ1) is 18.6. The van der Waals surface area contributed by atoms with E-state index in [0.29, 0.717) is 13.0 Å². The predicted octanol–water partition coefficient (Wildman–Crippen LogP) is 5.03. The first-order chi connectivity index (χ1) is 12.9. The van der Waals surface area contributed by atoms with E-state index in [-0.39, 0.29) is 23.3 Å². The topological polar surface area (TPSA) is 49.8 Å². The standard InChI is InChI=1S/C19H16F4N4/c20-14-7-5-13(6-8-14)9-11-24-18-25-12-10-17(27-18)26-16-4-2-1-3-15(16)19(21,22)23/h1-8,10,12H,9,11H2,(H2,24,25,26,27). The van der Waals surface area contributed by atoms with Gasteiger partial charge in [-0.05, 0) is 42.3 Å². The van der Waals surface area contributed by atoms with Crippen LogP contribution >= 0.6 is 0 Å². The first-order valence-corrected chi connectivity index (χ1v) is 8.16. The molecule has 0 saturated heterocycles. The summed E-state index contributed by atoms with van der Waals surface area (Å²) in [6.45, 7) is 0.494. The van der Waals surface area contributed by atoms with E-state index in [4.69, 9.17) is 0 Å². The minimum atomic E-state index is -4.47. The van der Waals surface area contributed by atoms with Crippen LogP contribution in [0.3, 0.4) is 0 Å². The van der Waals surface area contributed by atoms with Crippen LogP contribution in [0, 0.1) is 5.82 Å². The molecular formula is C19H16F4N4. The van der Waals surface area contributed by atoms with Crippen LogP contribution in [0.2, 0.25) is 0 Å². The lowest BCUT2D eigenvalue weighted by Crippen LogP contribution is -2.11. The number of alkyl halides is 3. The van der Waals surface area contributed by atoms with Crippen LogP contribution in [0.5, 0.6) is 0 Å². The molecule has 140 valence electrons. The Balaban J connectivity index is 1.65. The Labute approximate surface area is 153 Å². The third-order valence-electron chi connectivity index (χ3n) is 3.76. The molecule has 0 atom stereocenters. The van der Waals surface area contributed by atoms with Crippen molar-refractivity contribution in [2.24, 2.45) is 0 Å². The first-order valence-electron chi connectivity index (χ1n) is 8.16. The molecule has 3 aromatic rings. The van der Waals surface area contributed by atoms with Crippen molar-refractivity contribution in [2.75, 3.05) is 17.2 Å². The van der Waals surface area contributed by atoms with Gasteiger partial charge in [-0.25, -0.2) is 9.37 Å². The van der Waals surface area contributed by atoms with Gasteiger partial charge in [-0.15, -0.1) is 0 Å². The number of anilines is 3. The molecule has 0 radical (unpaired) electrons. The lowest BCUT2D eigenvalue weighted by atomic mass is 10.1. The molecule has 0 spiro atoms. The summed E-state index contributed by atoms with van der Waals surface area (Å²) in [4.78, 5) is 8.23. The number of hydrogen-bond donors (Lipinski definition) is 2. The smallest absolute Gasteiger partial charge is 0.354 e. The highest BCUT2D eigenvalue weighted by Gasteiger charge is 2.33. The maximum absolute atomic E-state index is 13.1. The molecular weight excluding hydrogens is 360 g/mol. The summed E-state index contributed by atoms with van der Waals surface area (Å²) < 4.78 is 52.1. The highest BCUT2D eigenvalue weighted by Crippen LogP contribution is 2.35. The molecule has 0 amide bonds. The van der Waals surface area contributed by atoms with Crippen LogP contribution in [0.25, 0.3) is 0 Å². The lowest BCUT2D eigenvalue weighted by molar-refractivity contribution is -0.136. The fraction of sp³-hybridized carbons (Fsp3) is 0.158. The highest BCUT2D eigenvalue weighted by atomic mass is 19.4. The van der Waals surface area contributed by atoms with Crippen molar-refractivity contribution < 1.29 is 17.6 Å². The maximum atomic E-state index is 13.1. The average Bonchev–Trinajstić information content (AvgIpc) is 2.63. The van der Waals surface area contributed by atoms with E-state index < -0.39 is 11.7 Å². The Bertz CT molecular complexity index is 895. The Morgan fingerprint density at radius 2 is 1.67 bits per heavy atom. The second kappa shape index (κ2) is 8.03. The number of para-hydroxylation sites is 1. The van der Waals surface area contributed by atoms with Gasteiger partial charge in [0.25, 0.3) is 0 Å². The average molecular weight is 376 g/mol. The predicted molar refractivity (Wildman–Crippen MR) is 95.4 cm³/mol. The van der Waals surface area contributed by atoms with Gasteiger partial charge in [0.15, 0.2) is 0 Å². The van der Waals surface area contributed by atoms with E-state index in [1.165, 1.54) is 42.6 Å². The summed E-state index contributed by atoms with van der Waals surface area (Å²) in [6.07, 6.45) is -2.39. The summed E-state index contributed by atoms with van der Waals surface area (Å²) in [7, 11) is 0. The van der Waals surface area contributed by atoms with Gasteiger partial charge in [-0.2, -0.15) is 18.2 Å². The number of nitrogens with one attached hydrogen (secondary N) is 2. The molecule has 1 heterocycles. The molecule has 27 heavy (non-hydrogen) atoms. The zero-order valence-electron chi connectivity index (χ0n) is 14.1. The maximum Gasteiger partial charge on any atom is 0.418 e. The Morgan fingerprint density at radius 3 is 2.41 bits per heavy atom. The molecule has 0 aliphatic rings. The van der Waals surface area contributed by atoms with Crippen molar-refractivity contribution in [1.82, 2.24) is 9.97 Å². The number of hydrogen-bond acceptors (Lipinski definition) is 4. The molecule has 2 aromatic carbocycles. The number of nitrogens with zero attached hydrogens (tertiary/aromatic N) is 2. The van der Waals surface area contributed by atoms with Gasteiger partial charge in [-0.3, -0.25) is 0 Å². The molecule has 8 heteroatoms. The lowest BCUT2D eigenvalue weighted by Gasteiger charge is -2.14. The van der Waals surface area contributed by atoms with Crippen molar-refractivity contribution >= 4 is 17.5 Å². The van der Waals surface area contributed by atoms with E-state index in [1.807, 2.05) is 0 Å². The van der Waals surface area contributed by atoms with Gasteiger partial charge < -0.3 is 10.6 Å². The summed E-state index contributed by atoms with van der Waals surface area (Å²) in [5.41, 5.74) is 0.0904. The summed E-state index contributed by atoms with van der Waals surface area (Å²) >= 11 is 0. The van der Waals surface area contributed by atoms with Gasteiger partial charge in [-0.1, -0.05) is 24.3 Å². The Hall–Kier alpha value is -3.16. The second-order valence-electron chi connectivity index (χ2n) is 5.74. The van der Waals surface area contributed by atoms with Gasteiger partial charge in [0.2, 0.25) is 5.95 Å². The normalized spacial score (nSPS) is 11.3. The fourth-order valence-corrected chi connectivity index (χ4v) is 2.46. The summed E-state index contributed by atoms with van der Waals surface area (Å²) in [6, 6.07) is 12.8. The van der Waals surface area contributed by atoms with Gasteiger partial charge in [0, 0.05) is 12.7 Å². The second-order valence-corrected chi connectivity index (χ2v) is 5.74. The minimum Gasteiger partial charge on any atom is -0.354 e. The Kier molecular flexibility index (Phi) is 5.54. The van der Waals surface area contributed by atoms with Gasteiger partial charge in [0.05, 0.1) is 11.3 Å². The molecule has 0 unspecified atom stereocenters.